The zero-order valence-electron chi connectivity index (χ0n) is 15.3. The lowest BCUT2D eigenvalue weighted by Gasteiger charge is -2.13. The van der Waals surface area contributed by atoms with E-state index in [-0.39, 0.29) is 16.4 Å². The molecule has 0 spiro atoms. The van der Waals surface area contributed by atoms with Crippen molar-refractivity contribution in [3.05, 3.63) is 89.7 Å². The second-order valence-corrected chi connectivity index (χ2v) is 6.58. The molecule has 0 fully saturated rings. The molecule has 30 heavy (non-hydrogen) atoms. The highest BCUT2D eigenvalue weighted by atomic mass is 32.1. The number of benzene rings is 3. The molecule has 0 aliphatic carbocycles. The van der Waals surface area contributed by atoms with Crippen molar-refractivity contribution in [1.82, 2.24) is 0 Å². The van der Waals surface area contributed by atoms with E-state index in [0.29, 0.717) is 11.4 Å². The number of thiocarbonyl (C=S) groups is 1. The lowest BCUT2D eigenvalue weighted by atomic mass is 10.2. The van der Waals surface area contributed by atoms with E-state index in [4.69, 9.17) is 12.2 Å². The van der Waals surface area contributed by atoms with Crippen molar-refractivity contribution < 1.29 is 22.4 Å². The molecule has 9 heteroatoms. The van der Waals surface area contributed by atoms with Crippen LogP contribution in [-0.2, 0) is 6.18 Å². The number of nitrogens with one attached hydrogen (secondary N) is 3. The number of hydrogen-bond acceptors (Lipinski definition) is 2. The van der Waals surface area contributed by atoms with Gasteiger partial charge in [-0.3, -0.25) is 4.79 Å². The van der Waals surface area contributed by atoms with Crippen LogP contribution in [0.3, 0.4) is 0 Å². The van der Waals surface area contributed by atoms with Crippen LogP contribution in [0.15, 0.2) is 72.8 Å². The smallest absolute Gasteiger partial charge is 0.332 e. The molecule has 0 saturated carbocycles. The molecule has 0 radical (unpaired) electrons. The third-order valence-corrected chi connectivity index (χ3v) is 4.17. The fraction of sp³-hybridized carbons (Fsp3) is 0.0476. The normalized spacial score (nSPS) is 10.9. The molecule has 0 saturated heterocycles. The van der Waals surface area contributed by atoms with Gasteiger partial charge in [-0.1, -0.05) is 18.2 Å². The third kappa shape index (κ3) is 5.54. The van der Waals surface area contributed by atoms with E-state index in [0.717, 1.165) is 12.1 Å². The van der Waals surface area contributed by atoms with Crippen LogP contribution in [0.1, 0.15) is 15.9 Å². The molecule has 4 nitrogen and oxygen atoms in total. The van der Waals surface area contributed by atoms with Gasteiger partial charge in [-0.15, -0.1) is 0 Å². The number of rotatable bonds is 4. The van der Waals surface area contributed by atoms with Gasteiger partial charge in [0, 0.05) is 17.1 Å². The van der Waals surface area contributed by atoms with Crippen LogP contribution in [0.25, 0.3) is 0 Å². The first kappa shape index (κ1) is 21.3. The van der Waals surface area contributed by atoms with Gasteiger partial charge in [-0.05, 0) is 66.8 Å². The number of halogens is 4. The molecule has 3 aromatic carbocycles. The lowest BCUT2D eigenvalue weighted by Crippen LogP contribution is -2.19. The standard InChI is InChI=1S/C21H15F4N3OS/c22-18-7-2-1-6-17(18)19(29)26-14-8-10-15(11-9-14)27-20(30)28-16-5-3-4-13(12-16)21(23,24)25/h1-12H,(H,26,29)(H2,27,28,30). The highest BCUT2D eigenvalue weighted by Gasteiger charge is 2.30. The second-order valence-electron chi connectivity index (χ2n) is 6.17. The molecular formula is C21H15F4N3OS. The molecule has 0 heterocycles. The number of carbonyl (C=O) groups is 1. The minimum atomic E-state index is -4.45. The molecule has 0 aromatic heterocycles. The van der Waals surface area contributed by atoms with Gasteiger partial charge in [0.2, 0.25) is 0 Å². The monoisotopic (exact) mass is 433 g/mol. The minimum absolute atomic E-state index is 0.0776. The van der Waals surface area contributed by atoms with E-state index in [1.165, 1.54) is 30.3 Å². The maximum atomic E-state index is 13.7. The van der Waals surface area contributed by atoms with Gasteiger partial charge in [0.05, 0.1) is 11.1 Å². The van der Waals surface area contributed by atoms with Gasteiger partial charge >= 0.3 is 6.18 Å². The summed E-state index contributed by atoms with van der Waals surface area (Å²) in [5.41, 5.74) is 0.307. The number of anilines is 3. The molecule has 3 N–H and O–H groups in total. The highest BCUT2D eigenvalue weighted by Crippen LogP contribution is 2.30. The molecule has 3 rings (SSSR count). The van der Waals surface area contributed by atoms with Crippen LogP contribution in [0.4, 0.5) is 34.6 Å². The summed E-state index contributed by atoms with van der Waals surface area (Å²) in [5, 5.41) is 8.20. The van der Waals surface area contributed by atoms with Crippen molar-refractivity contribution in [1.29, 1.82) is 0 Å². The Kier molecular flexibility index (Phi) is 6.31. The first-order chi connectivity index (χ1) is 14.2. The van der Waals surface area contributed by atoms with Crippen molar-refractivity contribution >= 4 is 40.3 Å². The Hall–Kier alpha value is -3.46. The lowest BCUT2D eigenvalue weighted by molar-refractivity contribution is -0.137. The van der Waals surface area contributed by atoms with Gasteiger partial charge in [0.25, 0.3) is 5.91 Å². The van der Waals surface area contributed by atoms with E-state index in [9.17, 15) is 22.4 Å². The van der Waals surface area contributed by atoms with E-state index in [1.807, 2.05) is 0 Å². The Morgan fingerprint density at radius 2 is 1.37 bits per heavy atom. The van der Waals surface area contributed by atoms with Crippen LogP contribution in [0.2, 0.25) is 0 Å². The summed E-state index contributed by atoms with van der Waals surface area (Å²) in [7, 11) is 0. The van der Waals surface area contributed by atoms with Crippen LogP contribution < -0.4 is 16.0 Å². The molecule has 0 aliphatic rings. The summed E-state index contributed by atoms with van der Waals surface area (Å²) in [6.45, 7) is 0. The molecule has 154 valence electrons. The third-order valence-electron chi connectivity index (χ3n) is 3.97. The average molecular weight is 433 g/mol. The predicted octanol–water partition coefficient (Wildman–Crippen LogP) is 5.91. The summed E-state index contributed by atoms with van der Waals surface area (Å²) in [4.78, 5) is 12.1. The quantitative estimate of drug-likeness (QED) is 0.354. The fourth-order valence-electron chi connectivity index (χ4n) is 2.55. The number of alkyl halides is 3. The first-order valence-corrected chi connectivity index (χ1v) is 9.04. The number of carbonyl (C=O) groups excluding carboxylic acids is 1. The highest BCUT2D eigenvalue weighted by molar-refractivity contribution is 7.80. The average Bonchev–Trinajstić information content (AvgIpc) is 2.69. The molecule has 0 unspecified atom stereocenters. The van der Waals surface area contributed by atoms with E-state index in [2.05, 4.69) is 16.0 Å². The van der Waals surface area contributed by atoms with E-state index >= 15 is 0 Å². The van der Waals surface area contributed by atoms with Gasteiger partial charge in [0.1, 0.15) is 5.82 Å². The van der Waals surface area contributed by atoms with Gasteiger partial charge in [-0.25, -0.2) is 4.39 Å². The molecule has 0 atom stereocenters. The zero-order valence-corrected chi connectivity index (χ0v) is 16.1. The Morgan fingerprint density at radius 3 is 2.00 bits per heavy atom. The molecule has 0 aliphatic heterocycles. The molecular weight excluding hydrogens is 418 g/mol. The molecule has 3 aromatic rings. The summed E-state index contributed by atoms with van der Waals surface area (Å²) in [6.07, 6.45) is -4.45. The van der Waals surface area contributed by atoms with Crippen molar-refractivity contribution in [3.63, 3.8) is 0 Å². The Labute approximate surface area is 174 Å². The SMILES string of the molecule is O=C(Nc1ccc(NC(=S)Nc2cccc(C(F)(F)F)c2)cc1)c1ccccc1F. The zero-order chi connectivity index (χ0) is 21.7. The Balaban J connectivity index is 1.60. The van der Waals surface area contributed by atoms with Crippen LogP contribution in [-0.4, -0.2) is 11.0 Å². The van der Waals surface area contributed by atoms with Gasteiger partial charge in [0.15, 0.2) is 5.11 Å². The fourth-order valence-corrected chi connectivity index (χ4v) is 2.78. The first-order valence-electron chi connectivity index (χ1n) is 8.63. The Bertz CT molecular complexity index is 1070. The minimum Gasteiger partial charge on any atom is -0.332 e. The Morgan fingerprint density at radius 1 is 0.767 bits per heavy atom. The molecule has 0 bridgehead atoms. The van der Waals surface area contributed by atoms with Crippen LogP contribution in [0.5, 0.6) is 0 Å². The van der Waals surface area contributed by atoms with Crippen molar-refractivity contribution in [2.75, 3.05) is 16.0 Å². The summed E-state index contributed by atoms with van der Waals surface area (Å²) in [6, 6.07) is 16.7. The summed E-state index contributed by atoms with van der Waals surface area (Å²) >= 11 is 5.12. The van der Waals surface area contributed by atoms with Crippen molar-refractivity contribution in [2.45, 2.75) is 6.18 Å². The summed E-state index contributed by atoms with van der Waals surface area (Å²) < 4.78 is 52.0. The van der Waals surface area contributed by atoms with E-state index < -0.39 is 23.5 Å². The van der Waals surface area contributed by atoms with Crippen molar-refractivity contribution in [3.8, 4) is 0 Å². The van der Waals surface area contributed by atoms with Crippen molar-refractivity contribution in [2.24, 2.45) is 0 Å². The van der Waals surface area contributed by atoms with Gasteiger partial charge < -0.3 is 16.0 Å². The maximum Gasteiger partial charge on any atom is 0.416 e. The topological polar surface area (TPSA) is 53.2 Å². The molecule has 1 amide bonds. The number of amides is 1. The van der Waals surface area contributed by atoms with Crippen LogP contribution >= 0.6 is 12.2 Å². The second kappa shape index (κ2) is 8.91. The van der Waals surface area contributed by atoms with E-state index in [1.54, 1.807) is 30.3 Å². The predicted molar refractivity (Wildman–Crippen MR) is 112 cm³/mol. The summed E-state index contributed by atoms with van der Waals surface area (Å²) in [5.74, 6) is -1.21. The van der Waals surface area contributed by atoms with Gasteiger partial charge in [-0.2, -0.15) is 13.2 Å². The number of hydrogen-bond donors (Lipinski definition) is 3. The largest absolute Gasteiger partial charge is 0.416 e. The van der Waals surface area contributed by atoms with Crippen LogP contribution in [0, 0.1) is 5.82 Å². The maximum absolute atomic E-state index is 13.7.